The standard InChI is InChI=1S/C19H23NO2/c1-2-18(16-10-5-3-6-11-16)20-19(21)14-9-15-22-17-12-7-4-8-13-17/h3-8,10-13,18H,2,9,14-15H2,1H3,(H,20,21)/t18-/m1/s1. The number of hydrogen-bond acceptors (Lipinski definition) is 2. The molecule has 2 rings (SSSR count). The van der Waals surface area contributed by atoms with E-state index in [1.165, 1.54) is 0 Å². The van der Waals surface area contributed by atoms with E-state index in [0.29, 0.717) is 19.4 Å². The molecular weight excluding hydrogens is 274 g/mol. The zero-order chi connectivity index (χ0) is 15.6. The van der Waals surface area contributed by atoms with Crippen LogP contribution in [0, 0.1) is 0 Å². The molecule has 0 bridgehead atoms. The van der Waals surface area contributed by atoms with Gasteiger partial charge in [0.2, 0.25) is 5.91 Å². The number of para-hydroxylation sites is 1. The van der Waals surface area contributed by atoms with Gasteiger partial charge in [0.25, 0.3) is 0 Å². The van der Waals surface area contributed by atoms with Crippen molar-refractivity contribution in [3.05, 3.63) is 66.2 Å². The van der Waals surface area contributed by atoms with Crippen molar-refractivity contribution in [1.29, 1.82) is 0 Å². The van der Waals surface area contributed by atoms with Gasteiger partial charge in [-0.15, -0.1) is 0 Å². The average molecular weight is 297 g/mol. The summed E-state index contributed by atoms with van der Waals surface area (Å²) in [5, 5.41) is 3.09. The van der Waals surface area contributed by atoms with Crippen molar-refractivity contribution < 1.29 is 9.53 Å². The first-order valence-corrected chi connectivity index (χ1v) is 7.81. The maximum absolute atomic E-state index is 12.0. The number of carbonyl (C=O) groups excluding carboxylic acids is 1. The summed E-state index contributed by atoms with van der Waals surface area (Å²) >= 11 is 0. The van der Waals surface area contributed by atoms with Gasteiger partial charge in [-0.3, -0.25) is 4.79 Å². The highest BCUT2D eigenvalue weighted by Crippen LogP contribution is 2.16. The lowest BCUT2D eigenvalue weighted by molar-refractivity contribution is -0.122. The number of ether oxygens (including phenoxy) is 1. The molecule has 3 nitrogen and oxygen atoms in total. The van der Waals surface area contributed by atoms with Gasteiger partial charge in [0.1, 0.15) is 5.75 Å². The molecule has 1 N–H and O–H groups in total. The summed E-state index contributed by atoms with van der Waals surface area (Å²) in [5.41, 5.74) is 1.15. The smallest absolute Gasteiger partial charge is 0.220 e. The van der Waals surface area contributed by atoms with E-state index in [-0.39, 0.29) is 11.9 Å². The Hall–Kier alpha value is -2.29. The fraction of sp³-hybridized carbons (Fsp3) is 0.316. The number of amides is 1. The summed E-state index contributed by atoms with van der Waals surface area (Å²) in [4.78, 5) is 12.0. The molecule has 22 heavy (non-hydrogen) atoms. The highest BCUT2D eigenvalue weighted by molar-refractivity contribution is 5.76. The van der Waals surface area contributed by atoms with Crippen molar-refractivity contribution in [3.8, 4) is 5.75 Å². The molecule has 0 aromatic heterocycles. The number of hydrogen-bond donors (Lipinski definition) is 1. The lowest BCUT2D eigenvalue weighted by Crippen LogP contribution is -2.28. The zero-order valence-corrected chi connectivity index (χ0v) is 13.0. The van der Waals surface area contributed by atoms with Crippen LogP contribution in [0.3, 0.4) is 0 Å². The van der Waals surface area contributed by atoms with E-state index in [1.54, 1.807) is 0 Å². The predicted octanol–water partition coefficient (Wildman–Crippen LogP) is 4.11. The summed E-state index contributed by atoms with van der Waals surface area (Å²) in [6.07, 6.45) is 2.08. The average Bonchev–Trinajstić information content (AvgIpc) is 2.58. The van der Waals surface area contributed by atoms with Crippen molar-refractivity contribution >= 4 is 5.91 Å². The Bertz CT molecular complexity index is 554. The second-order valence-electron chi connectivity index (χ2n) is 5.20. The zero-order valence-electron chi connectivity index (χ0n) is 13.0. The minimum Gasteiger partial charge on any atom is -0.494 e. The largest absolute Gasteiger partial charge is 0.494 e. The highest BCUT2D eigenvalue weighted by Gasteiger charge is 2.11. The van der Waals surface area contributed by atoms with Crippen LogP contribution in [0.2, 0.25) is 0 Å². The summed E-state index contributed by atoms with van der Waals surface area (Å²) < 4.78 is 5.59. The molecule has 0 aliphatic rings. The van der Waals surface area contributed by atoms with E-state index < -0.39 is 0 Å². The summed E-state index contributed by atoms with van der Waals surface area (Å²) in [6.45, 7) is 2.63. The Morgan fingerprint density at radius 3 is 2.32 bits per heavy atom. The molecule has 0 radical (unpaired) electrons. The molecule has 2 aromatic carbocycles. The molecule has 2 aromatic rings. The monoisotopic (exact) mass is 297 g/mol. The summed E-state index contributed by atoms with van der Waals surface area (Å²) in [5.74, 6) is 0.922. The van der Waals surface area contributed by atoms with Crippen LogP contribution in [0.5, 0.6) is 5.75 Å². The van der Waals surface area contributed by atoms with Gasteiger partial charge in [-0.1, -0.05) is 55.5 Å². The molecule has 0 unspecified atom stereocenters. The van der Waals surface area contributed by atoms with E-state index in [0.717, 1.165) is 17.7 Å². The Balaban J connectivity index is 1.71. The molecule has 0 aliphatic heterocycles. The molecule has 1 atom stereocenters. The molecule has 0 aliphatic carbocycles. The van der Waals surface area contributed by atoms with E-state index in [2.05, 4.69) is 12.2 Å². The fourth-order valence-electron chi connectivity index (χ4n) is 2.31. The molecule has 0 saturated carbocycles. The van der Waals surface area contributed by atoms with Crippen molar-refractivity contribution in [2.45, 2.75) is 32.2 Å². The van der Waals surface area contributed by atoms with Gasteiger partial charge in [-0.25, -0.2) is 0 Å². The van der Waals surface area contributed by atoms with E-state index in [4.69, 9.17) is 4.74 Å². The van der Waals surface area contributed by atoms with Crippen LogP contribution in [0.25, 0.3) is 0 Å². The maximum atomic E-state index is 12.0. The third-order valence-electron chi connectivity index (χ3n) is 3.51. The summed E-state index contributed by atoms with van der Waals surface area (Å²) in [7, 11) is 0. The van der Waals surface area contributed by atoms with Crippen molar-refractivity contribution in [3.63, 3.8) is 0 Å². The topological polar surface area (TPSA) is 38.3 Å². The number of nitrogens with one attached hydrogen (secondary N) is 1. The van der Waals surface area contributed by atoms with Crippen LogP contribution in [0.1, 0.15) is 37.8 Å². The minimum absolute atomic E-state index is 0.0763. The van der Waals surface area contributed by atoms with Gasteiger partial charge < -0.3 is 10.1 Å². The van der Waals surface area contributed by atoms with Crippen molar-refractivity contribution in [2.24, 2.45) is 0 Å². The second kappa shape index (κ2) is 8.88. The molecule has 1 amide bonds. The molecule has 3 heteroatoms. The lowest BCUT2D eigenvalue weighted by atomic mass is 10.0. The molecule has 0 spiro atoms. The van der Waals surface area contributed by atoms with Gasteiger partial charge in [-0.2, -0.15) is 0 Å². The van der Waals surface area contributed by atoms with Crippen LogP contribution in [-0.2, 0) is 4.79 Å². The Morgan fingerprint density at radius 1 is 1.05 bits per heavy atom. The van der Waals surface area contributed by atoms with Crippen molar-refractivity contribution in [1.82, 2.24) is 5.32 Å². The Kier molecular flexibility index (Phi) is 6.49. The van der Waals surface area contributed by atoms with Gasteiger partial charge in [0.15, 0.2) is 0 Å². The van der Waals surface area contributed by atoms with E-state index in [1.807, 2.05) is 60.7 Å². The number of carbonyl (C=O) groups is 1. The SMILES string of the molecule is CC[C@@H](NC(=O)CCCOc1ccccc1)c1ccccc1. The third-order valence-corrected chi connectivity index (χ3v) is 3.51. The molecular formula is C19H23NO2. The molecule has 0 fully saturated rings. The van der Waals surface area contributed by atoms with E-state index in [9.17, 15) is 4.79 Å². The first-order chi connectivity index (χ1) is 10.8. The minimum atomic E-state index is 0.0763. The fourth-order valence-corrected chi connectivity index (χ4v) is 2.31. The van der Waals surface area contributed by atoms with E-state index >= 15 is 0 Å². The molecule has 116 valence electrons. The number of rotatable bonds is 8. The number of benzene rings is 2. The molecule has 0 heterocycles. The first kappa shape index (κ1) is 16.1. The van der Waals surface area contributed by atoms with Gasteiger partial charge >= 0.3 is 0 Å². The Morgan fingerprint density at radius 2 is 1.68 bits per heavy atom. The van der Waals surface area contributed by atoms with Gasteiger partial charge in [0, 0.05) is 6.42 Å². The van der Waals surface area contributed by atoms with Crippen LogP contribution in [0.4, 0.5) is 0 Å². The maximum Gasteiger partial charge on any atom is 0.220 e. The van der Waals surface area contributed by atoms with Gasteiger partial charge in [-0.05, 0) is 30.5 Å². The highest BCUT2D eigenvalue weighted by atomic mass is 16.5. The van der Waals surface area contributed by atoms with Crippen molar-refractivity contribution in [2.75, 3.05) is 6.61 Å². The lowest BCUT2D eigenvalue weighted by Gasteiger charge is -2.17. The predicted molar refractivity (Wildman–Crippen MR) is 88.8 cm³/mol. The molecule has 0 saturated heterocycles. The van der Waals surface area contributed by atoms with Crippen LogP contribution < -0.4 is 10.1 Å². The summed E-state index contributed by atoms with van der Waals surface area (Å²) in [6, 6.07) is 19.8. The van der Waals surface area contributed by atoms with Gasteiger partial charge in [0.05, 0.1) is 12.6 Å². The van der Waals surface area contributed by atoms with Crippen LogP contribution in [0.15, 0.2) is 60.7 Å². The second-order valence-corrected chi connectivity index (χ2v) is 5.20. The van der Waals surface area contributed by atoms with Crippen LogP contribution >= 0.6 is 0 Å². The Labute approximate surface area is 132 Å². The van der Waals surface area contributed by atoms with Crippen LogP contribution in [-0.4, -0.2) is 12.5 Å². The third kappa shape index (κ3) is 5.24. The quantitative estimate of drug-likeness (QED) is 0.745. The normalized spacial score (nSPS) is 11.7. The first-order valence-electron chi connectivity index (χ1n) is 7.81.